The third kappa shape index (κ3) is 2.75. The largest absolute Gasteiger partial charge is 0.508 e. The third-order valence-electron chi connectivity index (χ3n) is 2.51. The molecular weight excluding hydrogens is 222 g/mol. The molecule has 5 heteroatoms. The van der Waals surface area contributed by atoms with Crippen molar-refractivity contribution in [1.29, 1.82) is 0 Å². The summed E-state index contributed by atoms with van der Waals surface area (Å²) in [6, 6.07) is 4.53. The molecule has 0 unspecified atom stereocenters. The molecule has 0 aromatic heterocycles. The topological polar surface area (TPSA) is 86.6 Å². The molecule has 0 aliphatic rings. The molecule has 1 aromatic carbocycles. The Morgan fingerprint density at radius 2 is 1.88 bits per heavy atom. The first-order chi connectivity index (χ1) is 7.75. The third-order valence-corrected chi connectivity index (χ3v) is 2.51. The maximum Gasteiger partial charge on any atom is 0.328 e. The summed E-state index contributed by atoms with van der Waals surface area (Å²) in [5.41, 5.74) is -0.667. The second-order valence-electron chi connectivity index (χ2n) is 4.33. The van der Waals surface area contributed by atoms with Gasteiger partial charge < -0.3 is 15.5 Å². The fraction of sp³-hybridized carbons (Fsp3) is 0.333. The average Bonchev–Trinajstić information content (AvgIpc) is 2.21. The molecule has 5 nitrogen and oxygen atoms in total. The number of carboxylic acids is 1. The van der Waals surface area contributed by atoms with Crippen LogP contribution in [0.3, 0.4) is 0 Å². The van der Waals surface area contributed by atoms with Crippen LogP contribution in [-0.4, -0.2) is 27.6 Å². The monoisotopic (exact) mass is 237 g/mol. The number of aliphatic carboxylic acids is 1. The van der Waals surface area contributed by atoms with Gasteiger partial charge in [-0.25, -0.2) is 4.79 Å². The van der Waals surface area contributed by atoms with Crippen molar-refractivity contribution in [1.82, 2.24) is 5.32 Å². The lowest BCUT2D eigenvalue weighted by Gasteiger charge is -2.21. The van der Waals surface area contributed by atoms with Crippen LogP contribution in [0.15, 0.2) is 18.2 Å². The highest BCUT2D eigenvalue weighted by molar-refractivity contribution is 5.99. The number of rotatable bonds is 3. The molecule has 92 valence electrons. The standard InChI is InChI=1S/C12H15NO4/c1-7-8(5-4-6-9(7)14)10(15)13-12(2,3)11(16)17/h4-6,14H,1-3H3,(H,13,15)(H,16,17). The van der Waals surface area contributed by atoms with Gasteiger partial charge in [-0.15, -0.1) is 0 Å². The van der Waals surface area contributed by atoms with E-state index in [1.807, 2.05) is 0 Å². The van der Waals surface area contributed by atoms with Crippen LogP contribution in [0.2, 0.25) is 0 Å². The van der Waals surface area contributed by atoms with Crippen molar-refractivity contribution in [2.75, 3.05) is 0 Å². The summed E-state index contributed by atoms with van der Waals surface area (Å²) in [5.74, 6) is -1.64. The quantitative estimate of drug-likeness (QED) is 0.739. The number of phenols is 1. The maximum absolute atomic E-state index is 11.9. The van der Waals surface area contributed by atoms with Gasteiger partial charge in [-0.3, -0.25) is 4.79 Å². The summed E-state index contributed by atoms with van der Waals surface area (Å²) in [4.78, 5) is 22.7. The van der Waals surface area contributed by atoms with Crippen LogP contribution >= 0.6 is 0 Å². The molecular formula is C12H15NO4. The number of phenolic OH excluding ortho intramolecular Hbond substituents is 1. The van der Waals surface area contributed by atoms with Gasteiger partial charge in [0.15, 0.2) is 0 Å². The summed E-state index contributed by atoms with van der Waals surface area (Å²) < 4.78 is 0. The SMILES string of the molecule is Cc1c(O)cccc1C(=O)NC(C)(C)C(=O)O. The lowest BCUT2D eigenvalue weighted by molar-refractivity contribution is -0.143. The van der Waals surface area contributed by atoms with Gasteiger partial charge in [-0.2, -0.15) is 0 Å². The summed E-state index contributed by atoms with van der Waals surface area (Å²) in [7, 11) is 0. The van der Waals surface area contributed by atoms with Crippen molar-refractivity contribution in [2.24, 2.45) is 0 Å². The van der Waals surface area contributed by atoms with Gasteiger partial charge in [-0.05, 0) is 32.9 Å². The van der Waals surface area contributed by atoms with E-state index in [1.54, 1.807) is 6.92 Å². The van der Waals surface area contributed by atoms with Crippen molar-refractivity contribution >= 4 is 11.9 Å². The van der Waals surface area contributed by atoms with Crippen molar-refractivity contribution in [3.63, 3.8) is 0 Å². The van der Waals surface area contributed by atoms with Crippen LogP contribution in [0.4, 0.5) is 0 Å². The first-order valence-corrected chi connectivity index (χ1v) is 5.10. The smallest absolute Gasteiger partial charge is 0.328 e. The molecule has 1 amide bonds. The Morgan fingerprint density at radius 3 is 2.41 bits per heavy atom. The second-order valence-corrected chi connectivity index (χ2v) is 4.33. The Balaban J connectivity index is 2.99. The van der Waals surface area contributed by atoms with E-state index >= 15 is 0 Å². The van der Waals surface area contributed by atoms with E-state index < -0.39 is 17.4 Å². The summed E-state index contributed by atoms with van der Waals surface area (Å²) in [5, 5.41) is 20.7. The van der Waals surface area contributed by atoms with Crippen LogP contribution in [-0.2, 0) is 4.79 Å². The fourth-order valence-corrected chi connectivity index (χ4v) is 1.27. The number of carbonyl (C=O) groups is 2. The number of hydrogen-bond donors (Lipinski definition) is 3. The summed E-state index contributed by atoms with van der Waals surface area (Å²) in [6.45, 7) is 4.38. The van der Waals surface area contributed by atoms with E-state index in [-0.39, 0.29) is 11.3 Å². The average molecular weight is 237 g/mol. The Hall–Kier alpha value is -2.04. The zero-order valence-corrected chi connectivity index (χ0v) is 9.94. The van der Waals surface area contributed by atoms with Gasteiger partial charge in [0, 0.05) is 11.1 Å². The first-order valence-electron chi connectivity index (χ1n) is 5.10. The van der Waals surface area contributed by atoms with Crippen LogP contribution < -0.4 is 5.32 Å². The number of carbonyl (C=O) groups excluding carboxylic acids is 1. The Morgan fingerprint density at radius 1 is 1.29 bits per heavy atom. The van der Waals surface area contributed by atoms with Crippen LogP contribution in [0, 0.1) is 6.92 Å². The molecule has 0 spiro atoms. The second kappa shape index (κ2) is 4.45. The zero-order chi connectivity index (χ0) is 13.2. The van der Waals surface area contributed by atoms with Gasteiger partial charge in [0.1, 0.15) is 11.3 Å². The van der Waals surface area contributed by atoms with E-state index in [9.17, 15) is 14.7 Å². The minimum Gasteiger partial charge on any atom is -0.508 e. The molecule has 3 N–H and O–H groups in total. The van der Waals surface area contributed by atoms with Gasteiger partial charge in [0.25, 0.3) is 5.91 Å². The Kier molecular flexibility index (Phi) is 3.41. The van der Waals surface area contributed by atoms with E-state index in [1.165, 1.54) is 32.0 Å². The molecule has 0 saturated carbocycles. The number of carboxylic acid groups (broad SMARTS) is 1. The predicted octanol–water partition coefficient (Wildman–Crippen LogP) is 1.29. The number of hydrogen-bond acceptors (Lipinski definition) is 3. The van der Waals surface area contributed by atoms with Gasteiger partial charge >= 0.3 is 5.97 Å². The van der Waals surface area contributed by atoms with Crippen molar-refractivity contribution < 1.29 is 19.8 Å². The van der Waals surface area contributed by atoms with E-state index in [4.69, 9.17) is 5.11 Å². The molecule has 17 heavy (non-hydrogen) atoms. The van der Waals surface area contributed by atoms with Crippen LogP contribution in [0.5, 0.6) is 5.75 Å². The zero-order valence-electron chi connectivity index (χ0n) is 9.94. The highest BCUT2D eigenvalue weighted by atomic mass is 16.4. The molecule has 0 saturated heterocycles. The van der Waals surface area contributed by atoms with Crippen LogP contribution in [0.1, 0.15) is 29.8 Å². The molecule has 0 atom stereocenters. The van der Waals surface area contributed by atoms with Gasteiger partial charge in [-0.1, -0.05) is 6.07 Å². The highest BCUT2D eigenvalue weighted by Gasteiger charge is 2.29. The minimum atomic E-state index is -1.35. The van der Waals surface area contributed by atoms with E-state index in [2.05, 4.69) is 5.32 Å². The number of benzene rings is 1. The molecule has 0 aliphatic carbocycles. The van der Waals surface area contributed by atoms with Crippen LogP contribution in [0.25, 0.3) is 0 Å². The molecule has 0 heterocycles. The Labute approximate surface area is 99.1 Å². The molecule has 0 radical (unpaired) electrons. The van der Waals surface area contributed by atoms with E-state index in [0.29, 0.717) is 5.56 Å². The van der Waals surface area contributed by atoms with E-state index in [0.717, 1.165) is 0 Å². The first kappa shape index (κ1) is 13.0. The maximum atomic E-state index is 11.9. The summed E-state index contributed by atoms with van der Waals surface area (Å²) in [6.07, 6.45) is 0. The molecule has 0 bridgehead atoms. The van der Waals surface area contributed by atoms with Gasteiger partial charge in [0.2, 0.25) is 0 Å². The normalized spacial score (nSPS) is 11.0. The lowest BCUT2D eigenvalue weighted by atomic mass is 10.0. The minimum absolute atomic E-state index is 0.00535. The van der Waals surface area contributed by atoms with Gasteiger partial charge in [0.05, 0.1) is 0 Å². The molecule has 1 rings (SSSR count). The molecule has 0 aliphatic heterocycles. The Bertz CT molecular complexity index is 466. The lowest BCUT2D eigenvalue weighted by Crippen LogP contribution is -2.49. The number of amides is 1. The molecule has 0 fully saturated rings. The van der Waals surface area contributed by atoms with Crippen molar-refractivity contribution in [3.05, 3.63) is 29.3 Å². The predicted molar refractivity (Wildman–Crippen MR) is 62.0 cm³/mol. The number of aromatic hydroxyl groups is 1. The number of nitrogens with one attached hydrogen (secondary N) is 1. The highest BCUT2D eigenvalue weighted by Crippen LogP contribution is 2.20. The summed E-state index contributed by atoms with van der Waals surface area (Å²) >= 11 is 0. The van der Waals surface area contributed by atoms with Crippen molar-refractivity contribution in [3.8, 4) is 5.75 Å². The van der Waals surface area contributed by atoms with Crippen molar-refractivity contribution in [2.45, 2.75) is 26.3 Å². The molecule has 1 aromatic rings. The fourth-order valence-electron chi connectivity index (χ4n) is 1.27.